The van der Waals surface area contributed by atoms with Gasteiger partial charge in [0.15, 0.2) is 0 Å². The van der Waals surface area contributed by atoms with E-state index in [2.05, 4.69) is 0 Å². The second-order valence-electron chi connectivity index (χ2n) is 1.84. The minimum atomic E-state index is -0.372. The van der Waals surface area contributed by atoms with Crippen LogP contribution in [0.1, 0.15) is 6.42 Å². The minimum absolute atomic E-state index is 0.234. The van der Waals surface area contributed by atoms with E-state index in [0.29, 0.717) is 12.2 Å². The van der Waals surface area contributed by atoms with Crippen LogP contribution in [0.25, 0.3) is 0 Å². The number of hydrogen-bond acceptors (Lipinski definition) is 4. The summed E-state index contributed by atoms with van der Waals surface area (Å²) in [7, 11) is 0. The molecule has 64 valence electrons. The topological polar surface area (TPSA) is 98.2 Å². The molecule has 0 rings (SSSR count). The monoisotopic (exact) mass is 177 g/mol. The Morgan fingerprint density at radius 3 is 2.55 bits per heavy atom. The van der Waals surface area contributed by atoms with E-state index in [1.54, 1.807) is 0 Å². The Morgan fingerprint density at radius 1 is 1.45 bits per heavy atom. The zero-order valence-electron chi connectivity index (χ0n) is 6.00. The molecule has 5 nitrogen and oxygen atoms in total. The second-order valence-corrected chi connectivity index (χ2v) is 2.94. The first kappa shape index (κ1) is 10.2. The van der Waals surface area contributed by atoms with Crippen LogP contribution < -0.4 is 17.0 Å². The van der Waals surface area contributed by atoms with Crippen molar-refractivity contribution in [3.05, 3.63) is 0 Å². The molecule has 0 saturated heterocycles. The SMILES string of the molecule is NNC(=O)CCSCC(N)=O. The molecule has 0 aromatic rings. The van der Waals surface area contributed by atoms with Gasteiger partial charge in [-0.15, -0.1) is 0 Å². The van der Waals surface area contributed by atoms with E-state index in [9.17, 15) is 9.59 Å². The molecule has 0 aromatic heterocycles. The third-order valence-electron chi connectivity index (χ3n) is 0.879. The van der Waals surface area contributed by atoms with Gasteiger partial charge >= 0.3 is 0 Å². The lowest BCUT2D eigenvalue weighted by molar-refractivity contribution is -0.120. The van der Waals surface area contributed by atoms with Crippen LogP contribution in [0.15, 0.2) is 0 Å². The van der Waals surface area contributed by atoms with Crippen molar-refractivity contribution in [3.8, 4) is 0 Å². The lowest BCUT2D eigenvalue weighted by Gasteiger charge is -1.97. The molecule has 5 N–H and O–H groups in total. The van der Waals surface area contributed by atoms with E-state index in [1.165, 1.54) is 11.8 Å². The van der Waals surface area contributed by atoms with E-state index in [4.69, 9.17) is 11.6 Å². The van der Waals surface area contributed by atoms with Gasteiger partial charge in [-0.25, -0.2) is 5.84 Å². The number of carbonyl (C=O) groups excluding carboxylic acids is 2. The number of thioether (sulfide) groups is 1. The molecule has 0 unspecified atom stereocenters. The Balaban J connectivity index is 3.14. The average Bonchev–Trinajstić information content (AvgIpc) is 1.97. The summed E-state index contributed by atoms with van der Waals surface area (Å²) in [6, 6.07) is 0. The first-order valence-corrected chi connectivity index (χ1v) is 4.17. The average molecular weight is 177 g/mol. The van der Waals surface area contributed by atoms with Crippen LogP contribution in [0.5, 0.6) is 0 Å². The number of amides is 2. The van der Waals surface area contributed by atoms with Gasteiger partial charge in [0.25, 0.3) is 0 Å². The van der Waals surface area contributed by atoms with Crippen LogP contribution >= 0.6 is 11.8 Å². The second kappa shape index (κ2) is 5.99. The summed E-state index contributed by atoms with van der Waals surface area (Å²) >= 11 is 1.31. The normalized spacial score (nSPS) is 9.18. The summed E-state index contributed by atoms with van der Waals surface area (Å²) in [4.78, 5) is 20.7. The predicted octanol–water partition coefficient (Wildman–Crippen LogP) is -1.42. The Labute approximate surface area is 68.8 Å². The van der Waals surface area contributed by atoms with Crippen molar-refractivity contribution < 1.29 is 9.59 Å². The number of carbonyl (C=O) groups is 2. The molecular weight excluding hydrogens is 166 g/mol. The van der Waals surface area contributed by atoms with Crippen molar-refractivity contribution in [2.75, 3.05) is 11.5 Å². The minimum Gasteiger partial charge on any atom is -0.369 e. The maximum atomic E-state index is 10.5. The maximum absolute atomic E-state index is 10.5. The van der Waals surface area contributed by atoms with Crippen molar-refractivity contribution in [3.63, 3.8) is 0 Å². The fourth-order valence-corrected chi connectivity index (χ4v) is 1.09. The quantitative estimate of drug-likeness (QED) is 0.208. The molecule has 11 heavy (non-hydrogen) atoms. The van der Waals surface area contributed by atoms with E-state index < -0.39 is 0 Å². The molecule has 0 saturated carbocycles. The van der Waals surface area contributed by atoms with Crippen LogP contribution in [0.2, 0.25) is 0 Å². The smallest absolute Gasteiger partial charge is 0.234 e. The fraction of sp³-hybridized carbons (Fsp3) is 0.600. The molecule has 0 aliphatic carbocycles. The molecule has 0 atom stereocenters. The summed E-state index contributed by atoms with van der Waals surface area (Å²) < 4.78 is 0. The first-order chi connectivity index (χ1) is 5.16. The number of hydrazine groups is 1. The zero-order chi connectivity index (χ0) is 8.69. The first-order valence-electron chi connectivity index (χ1n) is 3.02. The number of primary amides is 1. The van der Waals surface area contributed by atoms with Crippen molar-refractivity contribution >= 4 is 23.6 Å². The molecule has 0 aliphatic heterocycles. The Hall–Kier alpha value is -0.750. The largest absolute Gasteiger partial charge is 0.369 e. The fourth-order valence-electron chi connectivity index (χ4n) is 0.410. The lowest BCUT2D eigenvalue weighted by atomic mass is 10.5. The van der Waals surface area contributed by atoms with Gasteiger partial charge in [-0.3, -0.25) is 15.0 Å². The van der Waals surface area contributed by atoms with Gasteiger partial charge in [-0.2, -0.15) is 11.8 Å². The molecule has 0 aliphatic rings. The summed E-state index contributed by atoms with van der Waals surface area (Å²) in [5, 5.41) is 0. The van der Waals surface area contributed by atoms with E-state index in [1.807, 2.05) is 5.43 Å². The van der Waals surface area contributed by atoms with Gasteiger partial charge in [-0.1, -0.05) is 0 Å². The summed E-state index contributed by atoms with van der Waals surface area (Å²) in [5.41, 5.74) is 6.84. The Kier molecular flexibility index (Phi) is 5.58. The summed E-state index contributed by atoms with van der Waals surface area (Å²) in [6.45, 7) is 0. The third-order valence-corrected chi connectivity index (χ3v) is 1.86. The zero-order valence-corrected chi connectivity index (χ0v) is 6.82. The Morgan fingerprint density at radius 2 is 2.09 bits per heavy atom. The predicted molar refractivity (Wildman–Crippen MR) is 43.5 cm³/mol. The molecule has 6 heteroatoms. The summed E-state index contributed by atoms with van der Waals surface area (Å²) in [5.74, 6) is 5.02. The molecule has 0 spiro atoms. The molecule has 0 bridgehead atoms. The maximum Gasteiger partial charge on any atom is 0.234 e. The number of nitrogens with two attached hydrogens (primary N) is 2. The van der Waals surface area contributed by atoms with E-state index in [-0.39, 0.29) is 17.6 Å². The van der Waals surface area contributed by atoms with Crippen LogP contribution in [0.4, 0.5) is 0 Å². The van der Waals surface area contributed by atoms with Gasteiger partial charge < -0.3 is 5.73 Å². The highest BCUT2D eigenvalue weighted by Crippen LogP contribution is 2.00. The van der Waals surface area contributed by atoms with Crippen LogP contribution in [0, 0.1) is 0 Å². The molecule has 2 amide bonds. The number of nitrogens with one attached hydrogen (secondary N) is 1. The highest BCUT2D eigenvalue weighted by Gasteiger charge is 1.98. The van der Waals surface area contributed by atoms with Crippen molar-refractivity contribution in [1.82, 2.24) is 5.43 Å². The molecular formula is C5H11N3O2S. The van der Waals surface area contributed by atoms with E-state index >= 15 is 0 Å². The van der Waals surface area contributed by atoms with Crippen molar-refractivity contribution in [1.29, 1.82) is 0 Å². The lowest BCUT2D eigenvalue weighted by Crippen LogP contribution is -2.30. The summed E-state index contributed by atoms with van der Waals surface area (Å²) in [6.07, 6.45) is 0.314. The van der Waals surface area contributed by atoms with Gasteiger partial charge in [0.1, 0.15) is 0 Å². The van der Waals surface area contributed by atoms with Gasteiger partial charge in [0, 0.05) is 12.2 Å². The molecule has 0 aromatic carbocycles. The van der Waals surface area contributed by atoms with Crippen LogP contribution in [-0.4, -0.2) is 23.3 Å². The highest BCUT2D eigenvalue weighted by atomic mass is 32.2. The van der Waals surface area contributed by atoms with Gasteiger partial charge in [0.2, 0.25) is 11.8 Å². The Bertz CT molecular complexity index is 151. The third kappa shape index (κ3) is 7.14. The molecule has 0 heterocycles. The standard InChI is InChI=1S/C5H11N3O2S/c6-4(9)3-11-2-1-5(10)8-7/h1-3,7H2,(H2,6,9)(H,8,10). The van der Waals surface area contributed by atoms with Crippen molar-refractivity contribution in [2.24, 2.45) is 11.6 Å². The molecule has 0 fully saturated rings. The molecule has 0 radical (unpaired) electrons. The van der Waals surface area contributed by atoms with Crippen LogP contribution in [-0.2, 0) is 9.59 Å². The van der Waals surface area contributed by atoms with E-state index in [0.717, 1.165) is 0 Å². The van der Waals surface area contributed by atoms with Gasteiger partial charge in [-0.05, 0) is 0 Å². The van der Waals surface area contributed by atoms with Crippen molar-refractivity contribution in [2.45, 2.75) is 6.42 Å². The van der Waals surface area contributed by atoms with Crippen LogP contribution in [0.3, 0.4) is 0 Å². The van der Waals surface area contributed by atoms with Gasteiger partial charge in [0.05, 0.1) is 5.75 Å². The highest BCUT2D eigenvalue weighted by molar-refractivity contribution is 7.99. The number of hydrogen-bond donors (Lipinski definition) is 3. The number of rotatable bonds is 5.